The molecule has 0 bridgehead atoms. The van der Waals surface area contributed by atoms with Gasteiger partial charge in [0.1, 0.15) is 6.26 Å². The highest BCUT2D eigenvalue weighted by atomic mass is 35.5. The SMILES string of the molecule is OCC1CCCCN1Cc1coc(-c2cccc(Cl)c2)n1. The summed E-state index contributed by atoms with van der Waals surface area (Å²) >= 11 is 5.99. The van der Waals surface area contributed by atoms with Crippen molar-refractivity contribution in [1.29, 1.82) is 0 Å². The summed E-state index contributed by atoms with van der Waals surface area (Å²) in [7, 11) is 0. The lowest BCUT2D eigenvalue weighted by Crippen LogP contribution is -2.41. The number of halogens is 1. The summed E-state index contributed by atoms with van der Waals surface area (Å²) in [4.78, 5) is 6.82. The minimum absolute atomic E-state index is 0.207. The monoisotopic (exact) mass is 306 g/mol. The minimum atomic E-state index is 0.207. The normalized spacial score (nSPS) is 19.8. The van der Waals surface area contributed by atoms with Crippen LogP contribution in [0.15, 0.2) is 34.9 Å². The van der Waals surface area contributed by atoms with Crippen LogP contribution in [0.1, 0.15) is 25.0 Å². The van der Waals surface area contributed by atoms with Gasteiger partial charge in [0.15, 0.2) is 0 Å². The topological polar surface area (TPSA) is 49.5 Å². The molecule has 3 rings (SSSR count). The van der Waals surface area contributed by atoms with Gasteiger partial charge in [-0.15, -0.1) is 0 Å². The Kier molecular flexibility index (Phi) is 4.58. The lowest BCUT2D eigenvalue weighted by atomic mass is 10.0. The van der Waals surface area contributed by atoms with Crippen molar-refractivity contribution in [3.63, 3.8) is 0 Å². The van der Waals surface area contributed by atoms with E-state index in [1.54, 1.807) is 6.26 Å². The van der Waals surface area contributed by atoms with Crippen LogP contribution in [-0.4, -0.2) is 34.2 Å². The van der Waals surface area contributed by atoms with Gasteiger partial charge >= 0.3 is 0 Å². The molecule has 0 saturated carbocycles. The molecule has 1 atom stereocenters. The van der Waals surface area contributed by atoms with E-state index in [9.17, 15) is 5.11 Å². The number of benzene rings is 1. The molecule has 1 N–H and O–H groups in total. The lowest BCUT2D eigenvalue weighted by molar-refractivity contribution is 0.0830. The highest BCUT2D eigenvalue weighted by Gasteiger charge is 2.22. The van der Waals surface area contributed by atoms with Gasteiger partial charge in [0.2, 0.25) is 5.89 Å². The largest absolute Gasteiger partial charge is 0.444 e. The zero-order valence-electron chi connectivity index (χ0n) is 11.8. The second-order valence-corrected chi connectivity index (χ2v) is 5.89. The molecule has 1 aromatic heterocycles. The van der Waals surface area contributed by atoms with Gasteiger partial charge in [0, 0.05) is 23.2 Å². The van der Waals surface area contributed by atoms with Crippen molar-refractivity contribution < 1.29 is 9.52 Å². The van der Waals surface area contributed by atoms with Crippen molar-refractivity contribution in [2.24, 2.45) is 0 Å². The zero-order chi connectivity index (χ0) is 14.7. The summed E-state index contributed by atoms with van der Waals surface area (Å²) < 4.78 is 5.56. The van der Waals surface area contributed by atoms with Crippen LogP contribution in [0.25, 0.3) is 11.5 Å². The van der Waals surface area contributed by atoms with E-state index in [0.717, 1.165) is 30.8 Å². The highest BCUT2D eigenvalue weighted by Crippen LogP contribution is 2.24. The summed E-state index contributed by atoms with van der Waals surface area (Å²) in [5.41, 5.74) is 1.77. The maximum absolute atomic E-state index is 9.45. The first-order valence-electron chi connectivity index (χ1n) is 7.31. The first kappa shape index (κ1) is 14.6. The molecule has 1 aliphatic heterocycles. The molecular weight excluding hydrogens is 288 g/mol. The molecule has 2 aromatic rings. The number of likely N-dealkylation sites (tertiary alicyclic amines) is 1. The maximum Gasteiger partial charge on any atom is 0.226 e. The zero-order valence-corrected chi connectivity index (χ0v) is 12.6. The number of nitrogens with zero attached hydrogens (tertiary/aromatic N) is 2. The molecule has 0 spiro atoms. The van der Waals surface area contributed by atoms with E-state index in [0.29, 0.717) is 10.9 Å². The van der Waals surface area contributed by atoms with Gasteiger partial charge in [-0.1, -0.05) is 24.1 Å². The Morgan fingerprint density at radius 2 is 2.29 bits per heavy atom. The van der Waals surface area contributed by atoms with Gasteiger partial charge in [0.05, 0.1) is 12.3 Å². The van der Waals surface area contributed by atoms with Crippen LogP contribution in [0, 0.1) is 0 Å². The van der Waals surface area contributed by atoms with Crippen LogP contribution in [0.5, 0.6) is 0 Å². The first-order valence-corrected chi connectivity index (χ1v) is 7.69. The van der Waals surface area contributed by atoms with Gasteiger partial charge < -0.3 is 9.52 Å². The molecular formula is C16H19ClN2O2. The van der Waals surface area contributed by atoms with Gasteiger partial charge in [-0.2, -0.15) is 0 Å². The van der Waals surface area contributed by atoms with E-state index in [1.165, 1.54) is 12.8 Å². The van der Waals surface area contributed by atoms with Gasteiger partial charge in [0.25, 0.3) is 0 Å². The molecule has 1 aromatic carbocycles. The van der Waals surface area contributed by atoms with E-state index in [4.69, 9.17) is 16.0 Å². The van der Waals surface area contributed by atoms with Crippen LogP contribution < -0.4 is 0 Å². The molecule has 1 fully saturated rings. The second-order valence-electron chi connectivity index (χ2n) is 5.46. The van der Waals surface area contributed by atoms with Crippen molar-refractivity contribution in [3.05, 3.63) is 41.2 Å². The third-order valence-electron chi connectivity index (χ3n) is 3.95. The van der Waals surface area contributed by atoms with E-state index < -0.39 is 0 Å². The predicted octanol–water partition coefficient (Wildman–Crippen LogP) is 3.34. The molecule has 21 heavy (non-hydrogen) atoms. The van der Waals surface area contributed by atoms with Gasteiger partial charge in [-0.05, 0) is 37.6 Å². The number of piperidine rings is 1. The Hall–Kier alpha value is -1.36. The number of aliphatic hydroxyl groups is 1. The Bertz CT molecular complexity index is 599. The maximum atomic E-state index is 9.45. The molecule has 4 nitrogen and oxygen atoms in total. The molecule has 0 aliphatic carbocycles. The summed E-state index contributed by atoms with van der Waals surface area (Å²) in [5, 5.41) is 10.1. The Balaban J connectivity index is 1.73. The molecule has 1 unspecified atom stereocenters. The summed E-state index contributed by atoms with van der Waals surface area (Å²) in [6.07, 6.45) is 5.11. The number of oxazole rings is 1. The minimum Gasteiger partial charge on any atom is -0.444 e. The van der Waals surface area contributed by atoms with E-state index >= 15 is 0 Å². The number of aromatic nitrogens is 1. The predicted molar refractivity (Wildman–Crippen MR) is 82.1 cm³/mol. The van der Waals surface area contributed by atoms with Gasteiger partial charge in [-0.3, -0.25) is 4.90 Å². The molecule has 0 radical (unpaired) electrons. The smallest absolute Gasteiger partial charge is 0.226 e. The van der Waals surface area contributed by atoms with Crippen molar-refractivity contribution in [3.8, 4) is 11.5 Å². The first-order chi connectivity index (χ1) is 10.3. The number of hydrogen-bond donors (Lipinski definition) is 1. The number of aliphatic hydroxyl groups excluding tert-OH is 1. The quantitative estimate of drug-likeness (QED) is 0.941. The summed E-state index contributed by atoms with van der Waals surface area (Å²) in [6, 6.07) is 7.72. The molecule has 2 heterocycles. The fourth-order valence-electron chi connectivity index (χ4n) is 2.82. The van der Waals surface area contributed by atoms with Crippen LogP contribution in [0.4, 0.5) is 0 Å². The lowest BCUT2D eigenvalue weighted by Gasteiger charge is -2.33. The van der Waals surface area contributed by atoms with E-state index in [2.05, 4.69) is 9.88 Å². The second kappa shape index (κ2) is 6.60. The average molecular weight is 307 g/mol. The van der Waals surface area contributed by atoms with Crippen molar-refractivity contribution in [1.82, 2.24) is 9.88 Å². The van der Waals surface area contributed by atoms with Gasteiger partial charge in [-0.25, -0.2) is 4.98 Å². The molecule has 112 valence electrons. The Labute approximate surface area is 129 Å². The Morgan fingerprint density at radius 3 is 3.10 bits per heavy atom. The molecule has 5 heteroatoms. The number of rotatable bonds is 4. The van der Waals surface area contributed by atoms with Crippen LogP contribution >= 0.6 is 11.6 Å². The summed E-state index contributed by atoms with van der Waals surface area (Å²) in [5.74, 6) is 0.588. The number of hydrogen-bond acceptors (Lipinski definition) is 4. The fraction of sp³-hybridized carbons (Fsp3) is 0.438. The fourth-order valence-corrected chi connectivity index (χ4v) is 3.01. The third-order valence-corrected chi connectivity index (χ3v) is 4.18. The van der Waals surface area contributed by atoms with Crippen molar-refractivity contribution >= 4 is 11.6 Å². The van der Waals surface area contributed by atoms with Crippen molar-refractivity contribution in [2.45, 2.75) is 31.8 Å². The van der Waals surface area contributed by atoms with Crippen LogP contribution in [-0.2, 0) is 6.54 Å². The standard InChI is InChI=1S/C16H19ClN2O2/c17-13-5-3-4-12(8-13)16-18-14(11-21-16)9-19-7-2-1-6-15(19)10-20/h3-5,8,11,15,20H,1-2,6-7,9-10H2. The molecule has 1 aliphatic rings. The van der Waals surface area contributed by atoms with Crippen molar-refractivity contribution in [2.75, 3.05) is 13.2 Å². The average Bonchev–Trinajstić information content (AvgIpc) is 2.96. The molecule has 1 saturated heterocycles. The summed E-state index contributed by atoms with van der Waals surface area (Å²) in [6.45, 7) is 1.93. The Morgan fingerprint density at radius 1 is 1.38 bits per heavy atom. The van der Waals surface area contributed by atoms with Crippen LogP contribution in [0.3, 0.4) is 0 Å². The van der Waals surface area contributed by atoms with E-state index in [-0.39, 0.29) is 12.6 Å². The third kappa shape index (κ3) is 3.46. The van der Waals surface area contributed by atoms with Crippen LogP contribution in [0.2, 0.25) is 5.02 Å². The highest BCUT2D eigenvalue weighted by molar-refractivity contribution is 6.30. The molecule has 0 amide bonds. The van der Waals surface area contributed by atoms with E-state index in [1.807, 2.05) is 24.3 Å².